The Hall–Kier alpha value is -1.16. The Bertz CT molecular complexity index is 410. The summed E-state index contributed by atoms with van der Waals surface area (Å²) in [6, 6.07) is 0. The molecule has 0 amide bonds. The lowest BCUT2D eigenvalue weighted by Crippen LogP contribution is -2.29. The van der Waals surface area contributed by atoms with Gasteiger partial charge in [0.25, 0.3) is 5.56 Å². The van der Waals surface area contributed by atoms with Crippen molar-refractivity contribution in [2.45, 2.75) is 46.6 Å². The van der Waals surface area contributed by atoms with Crippen molar-refractivity contribution in [3.63, 3.8) is 0 Å². The second-order valence-electron chi connectivity index (χ2n) is 4.01. The Labute approximate surface area is 96.0 Å². The molecule has 0 aliphatic rings. The zero-order valence-electron chi connectivity index (χ0n) is 10.3. The summed E-state index contributed by atoms with van der Waals surface area (Å²) < 4.78 is 1.62. The highest BCUT2D eigenvalue weighted by molar-refractivity contribution is 5.13. The summed E-state index contributed by atoms with van der Waals surface area (Å²) in [5.41, 5.74) is 2.29. The van der Waals surface area contributed by atoms with Gasteiger partial charge in [-0.2, -0.15) is 0 Å². The van der Waals surface area contributed by atoms with Crippen LogP contribution in [0.2, 0.25) is 0 Å². The first-order valence-electron chi connectivity index (χ1n) is 5.79. The van der Waals surface area contributed by atoms with Crippen LogP contribution in [0.5, 0.6) is 0 Å². The molecule has 0 spiro atoms. The SMILES string of the molecule is CCCCc1nc(C)c(C)n(CCO)c1=O. The molecule has 0 atom stereocenters. The molecule has 0 saturated carbocycles. The Morgan fingerprint density at radius 1 is 1.38 bits per heavy atom. The van der Waals surface area contributed by atoms with Crippen molar-refractivity contribution < 1.29 is 5.11 Å². The molecule has 1 N–H and O–H groups in total. The molecule has 1 heterocycles. The molecule has 4 heteroatoms. The second kappa shape index (κ2) is 5.80. The number of aromatic nitrogens is 2. The summed E-state index contributed by atoms with van der Waals surface area (Å²) in [4.78, 5) is 16.4. The smallest absolute Gasteiger partial charge is 0.272 e. The molecule has 1 rings (SSSR count). The molecule has 0 bridgehead atoms. The zero-order chi connectivity index (χ0) is 12.1. The van der Waals surface area contributed by atoms with Crippen molar-refractivity contribution >= 4 is 0 Å². The quantitative estimate of drug-likeness (QED) is 0.817. The van der Waals surface area contributed by atoms with Gasteiger partial charge in [0, 0.05) is 12.2 Å². The Kier molecular flexibility index (Phi) is 4.68. The lowest BCUT2D eigenvalue weighted by Gasteiger charge is -2.12. The van der Waals surface area contributed by atoms with Gasteiger partial charge < -0.3 is 9.67 Å². The normalized spacial score (nSPS) is 10.8. The Morgan fingerprint density at radius 3 is 2.62 bits per heavy atom. The third-order valence-electron chi connectivity index (χ3n) is 2.81. The van der Waals surface area contributed by atoms with Gasteiger partial charge in [-0.05, 0) is 26.7 Å². The lowest BCUT2D eigenvalue weighted by molar-refractivity contribution is 0.272. The molecule has 0 saturated heterocycles. The molecular formula is C12H20N2O2. The molecular weight excluding hydrogens is 204 g/mol. The van der Waals surface area contributed by atoms with E-state index < -0.39 is 0 Å². The molecule has 0 radical (unpaired) electrons. The van der Waals surface area contributed by atoms with Crippen LogP contribution in [0, 0.1) is 13.8 Å². The van der Waals surface area contributed by atoms with Crippen LogP contribution in [0.15, 0.2) is 4.79 Å². The number of aliphatic hydroxyl groups is 1. The van der Waals surface area contributed by atoms with E-state index in [2.05, 4.69) is 11.9 Å². The molecule has 0 aromatic carbocycles. The number of aliphatic hydroxyl groups excluding tert-OH is 1. The van der Waals surface area contributed by atoms with E-state index in [9.17, 15) is 4.79 Å². The maximum absolute atomic E-state index is 12.0. The van der Waals surface area contributed by atoms with E-state index in [4.69, 9.17) is 5.11 Å². The first-order valence-corrected chi connectivity index (χ1v) is 5.79. The van der Waals surface area contributed by atoms with Gasteiger partial charge in [0.2, 0.25) is 0 Å². The standard InChI is InChI=1S/C12H20N2O2/c1-4-5-6-11-12(16)14(7-8-15)10(3)9(2)13-11/h15H,4-8H2,1-3H3. The van der Waals surface area contributed by atoms with E-state index in [-0.39, 0.29) is 12.2 Å². The predicted octanol–water partition coefficient (Wildman–Crippen LogP) is 1.20. The minimum absolute atomic E-state index is 0.0165. The summed E-state index contributed by atoms with van der Waals surface area (Å²) in [5.74, 6) is 0. The predicted molar refractivity (Wildman–Crippen MR) is 63.7 cm³/mol. The number of hydrogen-bond donors (Lipinski definition) is 1. The average Bonchev–Trinajstić information content (AvgIpc) is 2.27. The highest BCUT2D eigenvalue weighted by Crippen LogP contribution is 2.04. The molecule has 1 aromatic rings. The summed E-state index contributed by atoms with van der Waals surface area (Å²) in [5, 5.41) is 8.95. The van der Waals surface area contributed by atoms with E-state index in [1.807, 2.05) is 13.8 Å². The molecule has 0 unspecified atom stereocenters. The third kappa shape index (κ3) is 2.70. The van der Waals surface area contributed by atoms with Gasteiger partial charge in [0.1, 0.15) is 5.69 Å². The van der Waals surface area contributed by atoms with Crippen LogP contribution in [-0.2, 0) is 13.0 Å². The third-order valence-corrected chi connectivity index (χ3v) is 2.81. The van der Waals surface area contributed by atoms with Gasteiger partial charge in [-0.3, -0.25) is 9.78 Å². The van der Waals surface area contributed by atoms with Gasteiger partial charge in [-0.15, -0.1) is 0 Å². The molecule has 1 aromatic heterocycles. The summed E-state index contributed by atoms with van der Waals surface area (Å²) >= 11 is 0. The number of rotatable bonds is 5. The topological polar surface area (TPSA) is 55.1 Å². The molecule has 4 nitrogen and oxygen atoms in total. The first kappa shape index (κ1) is 12.9. The van der Waals surface area contributed by atoms with Crippen LogP contribution in [0.4, 0.5) is 0 Å². The molecule has 0 aliphatic carbocycles. The van der Waals surface area contributed by atoms with Crippen LogP contribution in [0.3, 0.4) is 0 Å². The fourth-order valence-electron chi connectivity index (χ4n) is 1.71. The van der Waals surface area contributed by atoms with Crippen molar-refractivity contribution in [1.82, 2.24) is 9.55 Å². The Balaban J connectivity index is 3.16. The highest BCUT2D eigenvalue weighted by Gasteiger charge is 2.10. The zero-order valence-corrected chi connectivity index (χ0v) is 10.3. The van der Waals surface area contributed by atoms with Crippen LogP contribution in [-0.4, -0.2) is 21.3 Å². The fraction of sp³-hybridized carbons (Fsp3) is 0.667. The van der Waals surface area contributed by atoms with E-state index in [0.717, 1.165) is 30.7 Å². The number of unbranched alkanes of at least 4 members (excludes halogenated alkanes) is 1. The van der Waals surface area contributed by atoms with E-state index in [0.29, 0.717) is 12.2 Å². The van der Waals surface area contributed by atoms with Crippen LogP contribution in [0.1, 0.15) is 36.8 Å². The highest BCUT2D eigenvalue weighted by atomic mass is 16.3. The number of aryl methyl sites for hydroxylation is 2. The van der Waals surface area contributed by atoms with Crippen LogP contribution in [0.25, 0.3) is 0 Å². The van der Waals surface area contributed by atoms with Gasteiger partial charge in [-0.1, -0.05) is 13.3 Å². The molecule has 0 aliphatic heterocycles. The van der Waals surface area contributed by atoms with Gasteiger partial charge in [-0.25, -0.2) is 0 Å². The maximum atomic E-state index is 12.0. The minimum atomic E-state index is -0.0504. The average molecular weight is 224 g/mol. The van der Waals surface area contributed by atoms with Gasteiger partial charge in [0.15, 0.2) is 0 Å². The van der Waals surface area contributed by atoms with Crippen molar-refractivity contribution in [3.8, 4) is 0 Å². The van der Waals surface area contributed by atoms with Crippen molar-refractivity contribution in [2.75, 3.05) is 6.61 Å². The van der Waals surface area contributed by atoms with Crippen molar-refractivity contribution in [3.05, 3.63) is 27.4 Å². The first-order chi connectivity index (χ1) is 7.61. The van der Waals surface area contributed by atoms with Gasteiger partial charge in [0.05, 0.1) is 12.3 Å². The Morgan fingerprint density at radius 2 is 2.06 bits per heavy atom. The van der Waals surface area contributed by atoms with E-state index in [1.165, 1.54) is 0 Å². The van der Waals surface area contributed by atoms with Crippen LogP contribution >= 0.6 is 0 Å². The monoisotopic (exact) mass is 224 g/mol. The number of nitrogens with zero attached hydrogens (tertiary/aromatic N) is 2. The molecule has 90 valence electrons. The summed E-state index contributed by atoms with van der Waals surface area (Å²) in [7, 11) is 0. The van der Waals surface area contributed by atoms with Gasteiger partial charge >= 0.3 is 0 Å². The van der Waals surface area contributed by atoms with E-state index in [1.54, 1.807) is 4.57 Å². The summed E-state index contributed by atoms with van der Waals surface area (Å²) in [6.07, 6.45) is 2.75. The maximum Gasteiger partial charge on any atom is 0.272 e. The van der Waals surface area contributed by atoms with Crippen LogP contribution < -0.4 is 5.56 Å². The minimum Gasteiger partial charge on any atom is -0.395 e. The molecule has 16 heavy (non-hydrogen) atoms. The second-order valence-corrected chi connectivity index (χ2v) is 4.01. The largest absolute Gasteiger partial charge is 0.395 e. The number of hydrogen-bond acceptors (Lipinski definition) is 3. The van der Waals surface area contributed by atoms with Crippen molar-refractivity contribution in [2.24, 2.45) is 0 Å². The molecule has 0 fully saturated rings. The lowest BCUT2D eigenvalue weighted by atomic mass is 10.2. The summed E-state index contributed by atoms with van der Waals surface area (Å²) in [6.45, 7) is 6.19. The van der Waals surface area contributed by atoms with Crippen molar-refractivity contribution in [1.29, 1.82) is 0 Å². The van der Waals surface area contributed by atoms with E-state index >= 15 is 0 Å². The fourth-order valence-corrected chi connectivity index (χ4v) is 1.71.